The van der Waals surface area contributed by atoms with E-state index in [1.807, 2.05) is 19.0 Å². The molecule has 7 heteroatoms. The third-order valence-corrected chi connectivity index (χ3v) is 5.17. The van der Waals surface area contributed by atoms with Crippen molar-refractivity contribution in [1.29, 1.82) is 0 Å². The molecule has 108 valence electrons. The predicted octanol–water partition coefficient (Wildman–Crippen LogP) is 1.64. The summed E-state index contributed by atoms with van der Waals surface area (Å²) in [6, 6.07) is 4.74. The molecule has 0 aromatic heterocycles. The lowest BCUT2D eigenvalue weighted by Gasteiger charge is -2.19. The van der Waals surface area contributed by atoms with Crippen molar-refractivity contribution in [2.75, 3.05) is 41.3 Å². The monoisotopic (exact) mass is 350 g/mol. The Labute approximate surface area is 123 Å². The molecule has 0 heterocycles. The van der Waals surface area contributed by atoms with E-state index in [4.69, 9.17) is 4.74 Å². The van der Waals surface area contributed by atoms with Gasteiger partial charge >= 0.3 is 0 Å². The zero-order valence-electron chi connectivity index (χ0n) is 11.6. The standard InChI is InChI=1S/C12H19BrN2O3S/c1-14(2)7-8-15(3)19(16,17)10-5-6-12(18-4)11(13)9-10/h5-6,9H,7-8H2,1-4H3. The summed E-state index contributed by atoms with van der Waals surface area (Å²) < 4.78 is 31.7. The van der Waals surface area contributed by atoms with Crippen LogP contribution in [0.25, 0.3) is 0 Å². The van der Waals surface area contributed by atoms with Crippen LogP contribution in [0.15, 0.2) is 27.6 Å². The highest BCUT2D eigenvalue weighted by Gasteiger charge is 2.21. The second kappa shape index (κ2) is 6.69. The number of rotatable bonds is 6. The molecule has 0 aliphatic heterocycles. The summed E-state index contributed by atoms with van der Waals surface area (Å²) in [5.41, 5.74) is 0. The van der Waals surface area contributed by atoms with Crippen LogP contribution in [-0.4, -0.2) is 59.0 Å². The summed E-state index contributed by atoms with van der Waals surface area (Å²) >= 11 is 3.29. The summed E-state index contributed by atoms with van der Waals surface area (Å²) in [6.45, 7) is 1.12. The highest BCUT2D eigenvalue weighted by atomic mass is 79.9. The fourth-order valence-electron chi connectivity index (χ4n) is 1.45. The first-order chi connectivity index (χ1) is 8.78. The summed E-state index contributed by atoms with van der Waals surface area (Å²) in [4.78, 5) is 2.19. The molecule has 1 aromatic carbocycles. The van der Waals surface area contributed by atoms with E-state index in [1.54, 1.807) is 25.2 Å². The molecule has 1 rings (SSSR count). The molecule has 0 aliphatic rings. The van der Waals surface area contributed by atoms with Crippen LogP contribution in [-0.2, 0) is 10.0 Å². The minimum absolute atomic E-state index is 0.251. The molecular formula is C12H19BrN2O3S. The van der Waals surface area contributed by atoms with E-state index < -0.39 is 10.0 Å². The van der Waals surface area contributed by atoms with Crippen LogP contribution in [0.1, 0.15) is 0 Å². The third kappa shape index (κ3) is 4.17. The number of hydrogen-bond donors (Lipinski definition) is 0. The maximum Gasteiger partial charge on any atom is 0.242 e. The van der Waals surface area contributed by atoms with Crippen molar-refractivity contribution < 1.29 is 13.2 Å². The van der Waals surface area contributed by atoms with Crippen LogP contribution < -0.4 is 4.74 Å². The van der Waals surface area contributed by atoms with Crippen molar-refractivity contribution in [3.8, 4) is 5.75 Å². The van der Waals surface area contributed by atoms with Gasteiger partial charge in [-0.3, -0.25) is 0 Å². The maximum absolute atomic E-state index is 12.3. The predicted molar refractivity (Wildman–Crippen MR) is 79.1 cm³/mol. The zero-order valence-corrected chi connectivity index (χ0v) is 14.0. The van der Waals surface area contributed by atoms with Gasteiger partial charge in [-0.25, -0.2) is 8.42 Å². The van der Waals surface area contributed by atoms with Crippen LogP contribution in [0.4, 0.5) is 0 Å². The van der Waals surface area contributed by atoms with Crippen molar-refractivity contribution >= 4 is 26.0 Å². The molecule has 0 saturated carbocycles. The molecule has 0 atom stereocenters. The Balaban J connectivity index is 2.96. The number of methoxy groups -OCH3 is 1. The zero-order chi connectivity index (χ0) is 14.6. The van der Waals surface area contributed by atoms with Crippen molar-refractivity contribution in [2.45, 2.75) is 4.90 Å². The minimum atomic E-state index is -3.46. The van der Waals surface area contributed by atoms with E-state index in [0.29, 0.717) is 23.3 Å². The number of halogens is 1. The molecule has 0 bridgehead atoms. The average Bonchev–Trinajstić information content (AvgIpc) is 2.35. The van der Waals surface area contributed by atoms with Gasteiger partial charge in [-0.05, 0) is 48.2 Å². The van der Waals surface area contributed by atoms with Gasteiger partial charge in [0.15, 0.2) is 0 Å². The van der Waals surface area contributed by atoms with Crippen LogP contribution in [0.3, 0.4) is 0 Å². The number of nitrogens with zero attached hydrogens (tertiary/aromatic N) is 2. The number of ether oxygens (including phenoxy) is 1. The first-order valence-electron chi connectivity index (χ1n) is 5.73. The van der Waals surface area contributed by atoms with E-state index in [1.165, 1.54) is 11.4 Å². The highest BCUT2D eigenvalue weighted by molar-refractivity contribution is 9.10. The van der Waals surface area contributed by atoms with E-state index in [9.17, 15) is 8.42 Å². The topological polar surface area (TPSA) is 49.9 Å². The Morgan fingerprint density at radius 2 is 1.84 bits per heavy atom. The molecule has 0 amide bonds. The van der Waals surface area contributed by atoms with Crippen LogP contribution in [0.5, 0.6) is 5.75 Å². The van der Waals surface area contributed by atoms with E-state index >= 15 is 0 Å². The number of sulfonamides is 1. The lowest BCUT2D eigenvalue weighted by molar-refractivity contribution is 0.358. The van der Waals surface area contributed by atoms with Gasteiger partial charge in [-0.1, -0.05) is 0 Å². The fraction of sp³-hybridized carbons (Fsp3) is 0.500. The van der Waals surface area contributed by atoms with Gasteiger partial charge in [-0.2, -0.15) is 4.31 Å². The molecule has 1 aromatic rings. The Hall–Kier alpha value is -0.630. The van der Waals surface area contributed by atoms with Crippen LogP contribution >= 0.6 is 15.9 Å². The molecular weight excluding hydrogens is 332 g/mol. The smallest absolute Gasteiger partial charge is 0.242 e. The molecule has 0 spiro atoms. The maximum atomic E-state index is 12.3. The molecule has 0 radical (unpaired) electrons. The van der Waals surface area contributed by atoms with Crippen molar-refractivity contribution in [3.63, 3.8) is 0 Å². The van der Waals surface area contributed by atoms with Gasteiger partial charge in [0.25, 0.3) is 0 Å². The quantitative estimate of drug-likeness (QED) is 0.782. The van der Waals surface area contributed by atoms with Gasteiger partial charge in [0.2, 0.25) is 10.0 Å². The van der Waals surface area contributed by atoms with Gasteiger partial charge in [0.1, 0.15) is 5.75 Å². The normalized spacial score (nSPS) is 12.2. The highest BCUT2D eigenvalue weighted by Crippen LogP contribution is 2.28. The molecule has 0 unspecified atom stereocenters. The number of benzene rings is 1. The van der Waals surface area contributed by atoms with Crippen molar-refractivity contribution in [1.82, 2.24) is 9.21 Å². The van der Waals surface area contributed by atoms with Gasteiger partial charge in [0, 0.05) is 20.1 Å². The van der Waals surface area contributed by atoms with E-state index in [0.717, 1.165) is 0 Å². The van der Waals surface area contributed by atoms with E-state index in [-0.39, 0.29) is 4.90 Å². The van der Waals surface area contributed by atoms with E-state index in [2.05, 4.69) is 15.9 Å². The Kier molecular flexibility index (Phi) is 5.79. The molecule has 0 fully saturated rings. The Morgan fingerprint density at radius 3 is 2.32 bits per heavy atom. The summed E-state index contributed by atoms with van der Waals surface area (Å²) in [6.07, 6.45) is 0. The largest absolute Gasteiger partial charge is 0.496 e. The van der Waals surface area contributed by atoms with Crippen molar-refractivity contribution in [2.24, 2.45) is 0 Å². The Morgan fingerprint density at radius 1 is 1.21 bits per heavy atom. The lowest BCUT2D eigenvalue weighted by Crippen LogP contribution is -2.33. The molecule has 0 aliphatic carbocycles. The SMILES string of the molecule is COc1ccc(S(=O)(=O)N(C)CCN(C)C)cc1Br. The van der Waals surface area contributed by atoms with Crippen LogP contribution in [0.2, 0.25) is 0 Å². The van der Waals surface area contributed by atoms with Crippen molar-refractivity contribution in [3.05, 3.63) is 22.7 Å². The van der Waals surface area contributed by atoms with Gasteiger partial charge in [-0.15, -0.1) is 0 Å². The molecule has 5 nitrogen and oxygen atoms in total. The second-order valence-electron chi connectivity index (χ2n) is 4.43. The number of hydrogen-bond acceptors (Lipinski definition) is 4. The molecule has 19 heavy (non-hydrogen) atoms. The Bertz CT molecular complexity index is 532. The summed E-state index contributed by atoms with van der Waals surface area (Å²) in [5.74, 6) is 0.606. The number of likely N-dealkylation sites (N-methyl/N-ethyl adjacent to an activating group) is 2. The van der Waals surface area contributed by atoms with Gasteiger partial charge in [0.05, 0.1) is 16.5 Å². The first-order valence-corrected chi connectivity index (χ1v) is 7.97. The lowest BCUT2D eigenvalue weighted by atomic mass is 10.3. The van der Waals surface area contributed by atoms with Crippen LogP contribution in [0, 0.1) is 0 Å². The summed E-state index contributed by atoms with van der Waals surface area (Å²) in [7, 11) is 3.47. The average molecular weight is 351 g/mol. The fourth-order valence-corrected chi connectivity index (χ4v) is 3.33. The molecule has 0 N–H and O–H groups in total. The molecule has 0 saturated heterocycles. The first kappa shape index (κ1) is 16.4. The third-order valence-electron chi connectivity index (χ3n) is 2.69. The minimum Gasteiger partial charge on any atom is -0.496 e. The van der Waals surface area contributed by atoms with Gasteiger partial charge < -0.3 is 9.64 Å². The summed E-state index contributed by atoms with van der Waals surface area (Å²) in [5, 5.41) is 0. The second-order valence-corrected chi connectivity index (χ2v) is 7.33.